The van der Waals surface area contributed by atoms with Crippen molar-refractivity contribution in [2.24, 2.45) is 5.92 Å². The fourth-order valence-corrected chi connectivity index (χ4v) is 4.85. The van der Waals surface area contributed by atoms with Gasteiger partial charge in [-0.2, -0.15) is 4.39 Å². The summed E-state index contributed by atoms with van der Waals surface area (Å²) in [6, 6.07) is 8.80. The van der Waals surface area contributed by atoms with Crippen LogP contribution in [0.5, 0.6) is 0 Å². The van der Waals surface area contributed by atoms with Crippen molar-refractivity contribution in [1.82, 2.24) is 9.55 Å². The average Bonchev–Trinajstić information content (AvgIpc) is 2.89. The first-order chi connectivity index (χ1) is 17.8. The molecule has 3 rings (SSSR count). The number of halogens is 1. The number of ether oxygens (including phenoxy) is 1. The van der Waals surface area contributed by atoms with E-state index >= 15 is 0 Å². The number of rotatable bonds is 13. The van der Waals surface area contributed by atoms with Crippen LogP contribution in [0, 0.1) is 11.7 Å². The summed E-state index contributed by atoms with van der Waals surface area (Å²) in [5.74, 6) is -0.853. The molecule has 1 atom stereocenters. The number of aromatic nitrogens is 2. The van der Waals surface area contributed by atoms with Crippen molar-refractivity contribution in [3.63, 3.8) is 0 Å². The molecule has 2 heterocycles. The molecular weight excluding hydrogens is 479 g/mol. The Bertz CT molecular complexity index is 1100. The minimum Gasteiger partial charge on any atom is -0.450 e. The van der Waals surface area contributed by atoms with Crippen molar-refractivity contribution in [3.8, 4) is 0 Å². The number of hydrogen-bond acceptors (Lipinski definition) is 6. The Morgan fingerprint density at radius 1 is 1.14 bits per heavy atom. The summed E-state index contributed by atoms with van der Waals surface area (Å²) in [7, 11) is 0. The summed E-state index contributed by atoms with van der Waals surface area (Å²) in [4.78, 5) is 41.2. The van der Waals surface area contributed by atoms with E-state index in [2.05, 4.69) is 47.9 Å². The van der Waals surface area contributed by atoms with Crippen LogP contribution in [-0.4, -0.2) is 47.0 Å². The van der Waals surface area contributed by atoms with Gasteiger partial charge >= 0.3 is 11.8 Å². The van der Waals surface area contributed by atoms with Crippen LogP contribution in [0.3, 0.4) is 0 Å². The molecule has 1 aliphatic heterocycles. The van der Waals surface area contributed by atoms with Gasteiger partial charge in [0.25, 0.3) is 5.56 Å². The molecule has 0 saturated carbocycles. The van der Waals surface area contributed by atoms with E-state index < -0.39 is 29.4 Å². The molecule has 2 N–H and O–H groups in total. The molecule has 0 spiro atoms. The Morgan fingerprint density at radius 3 is 2.32 bits per heavy atom. The van der Waals surface area contributed by atoms with Crippen LogP contribution in [0.25, 0.3) is 0 Å². The van der Waals surface area contributed by atoms with Crippen LogP contribution in [0.1, 0.15) is 71.4 Å². The third kappa shape index (κ3) is 8.10. The van der Waals surface area contributed by atoms with Gasteiger partial charge in [-0.05, 0) is 62.3 Å². The Balaban J connectivity index is 1.56. The normalized spacial score (nSPS) is 14.9. The molecule has 0 bridgehead atoms. The van der Waals surface area contributed by atoms with Gasteiger partial charge in [0.2, 0.25) is 5.82 Å². The van der Waals surface area contributed by atoms with E-state index in [1.54, 1.807) is 0 Å². The lowest BCUT2D eigenvalue weighted by molar-refractivity contribution is 0.00675. The Morgan fingerprint density at radius 2 is 1.76 bits per heavy atom. The highest BCUT2D eigenvalue weighted by molar-refractivity contribution is 5.57. The van der Waals surface area contributed by atoms with Crippen LogP contribution in [0.4, 0.5) is 20.6 Å². The molecule has 1 saturated heterocycles. The van der Waals surface area contributed by atoms with Gasteiger partial charge in [-0.3, -0.25) is 14.3 Å². The van der Waals surface area contributed by atoms with Crippen molar-refractivity contribution < 1.29 is 19.0 Å². The van der Waals surface area contributed by atoms with Crippen LogP contribution < -0.4 is 21.0 Å². The minimum absolute atomic E-state index is 0.211. The standard InChI is InChI=1S/C27H39FN4O5/c1-3-5-15-30(16-6-4-2)21-8-10-22(11-9-21)31-17-13-20(14-18-31)7-12-24(37-27(35)36)32-19-23(28)25(33)29-26(32)34/h8-11,19-20,24H,3-7,12-18H2,1-2H3,(H,35,36)(H,29,33,34). The molecule has 9 nitrogen and oxygen atoms in total. The van der Waals surface area contributed by atoms with Gasteiger partial charge in [0.15, 0.2) is 6.23 Å². The van der Waals surface area contributed by atoms with Crippen LogP contribution in [0.2, 0.25) is 0 Å². The number of H-pyrrole nitrogens is 1. The highest BCUT2D eigenvalue weighted by atomic mass is 19.1. The second-order valence-electron chi connectivity index (χ2n) is 9.70. The van der Waals surface area contributed by atoms with E-state index in [-0.39, 0.29) is 6.42 Å². The predicted octanol–water partition coefficient (Wildman–Crippen LogP) is 4.97. The fraction of sp³-hybridized carbons (Fsp3) is 0.593. The molecule has 0 aliphatic carbocycles. The van der Waals surface area contributed by atoms with Crippen molar-refractivity contribution in [2.75, 3.05) is 36.0 Å². The summed E-state index contributed by atoms with van der Waals surface area (Å²) in [6.45, 7) is 8.33. The first kappa shape index (κ1) is 28.3. The monoisotopic (exact) mass is 518 g/mol. The highest BCUT2D eigenvalue weighted by Gasteiger charge is 2.24. The van der Waals surface area contributed by atoms with Gasteiger partial charge in [-0.1, -0.05) is 26.7 Å². The molecule has 2 aromatic rings. The highest BCUT2D eigenvalue weighted by Crippen LogP contribution is 2.29. The van der Waals surface area contributed by atoms with Crippen molar-refractivity contribution in [1.29, 1.82) is 0 Å². The largest absolute Gasteiger partial charge is 0.507 e. The number of carboxylic acid groups (broad SMARTS) is 1. The number of hydrogen-bond donors (Lipinski definition) is 2. The molecule has 1 aromatic carbocycles. The summed E-state index contributed by atoms with van der Waals surface area (Å²) in [6.07, 6.45) is 5.30. The van der Waals surface area contributed by atoms with Crippen molar-refractivity contribution >= 4 is 17.5 Å². The lowest BCUT2D eigenvalue weighted by Crippen LogP contribution is -2.36. The molecule has 204 valence electrons. The van der Waals surface area contributed by atoms with Crippen LogP contribution in [0.15, 0.2) is 40.1 Å². The minimum atomic E-state index is -1.57. The molecule has 10 heteroatoms. The smallest absolute Gasteiger partial charge is 0.450 e. The van der Waals surface area contributed by atoms with E-state index in [4.69, 9.17) is 9.84 Å². The maximum Gasteiger partial charge on any atom is 0.507 e. The van der Waals surface area contributed by atoms with Gasteiger partial charge in [-0.25, -0.2) is 9.59 Å². The third-order valence-electron chi connectivity index (χ3n) is 7.05. The van der Waals surface area contributed by atoms with E-state index in [1.165, 1.54) is 37.1 Å². The zero-order chi connectivity index (χ0) is 26.8. The second kappa shape index (κ2) is 13.9. The predicted molar refractivity (Wildman–Crippen MR) is 142 cm³/mol. The number of nitrogens with one attached hydrogen (secondary N) is 1. The number of piperidine rings is 1. The molecule has 1 fully saturated rings. The molecule has 0 amide bonds. The van der Waals surface area contributed by atoms with Crippen LogP contribution >= 0.6 is 0 Å². The average molecular weight is 519 g/mol. The van der Waals surface area contributed by atoms with Crippen LogP contribution in [-0.2, 0) is 4.74 Å². The lowest BCUT2D eigenvalue weighted by Gasteiger charge is -2.34. The molecule has 0 radical (unpaired) electrons. The Labute approximate surface area is 216 Å². The van der Waals surface area contributed by atoms with Crippen molar-refractivity contribution in [3.05, 3.63) is 57.1 Å². The maximum atomic E-state index is 13.7. The number of nitrogens with zero attached hydrogens (tertiary/aromatic N) is 3. The van der Waals surface area contributed by atoms with E-state index in [0.29, 0.717) is 18.5 Å². The van der Waals surface area contributed by atoms with Gasteiger partial charge in [0.05, 0.1) is 6.20 Å². The van der Waals surface area contributed by atoms with Gasteiger partial charge in [0.1, 0.15) is 0 Å². The molecule has 37 heavy (non-hydrogen) atoms. The summed E-state index contributed by atoms with van der Waals surface area (Å²) >= 11 is 0. The molecular formula is C27H39FN4O5. The summed E-state index contributed by atoms with van der Waals surface area (Å²) in [5, 5.41) is 9.08. The number of anilines is 2. The maximum absolute atomic E-state index is 13.7. The second-order valence-corrected chi connectivity index (χ2v) is 9.70. The number of benzene rings is 1. The zero-order valence-corrected chi connectivity index (χ0v) is 21.8. The number of aromatic amines is 1. The molecule has 1 aliphatic rings. The zero-order valence-electron chi connectivity index (χ0n) is 21.8. The topological polar surface area (TPSA) is 108 Å². The van der Waals surface area contributed by atoms with Gasteiger partial charge < -0.3 is 19.6 Å². The van der Waals surface area contributed by atoms with E-state index in [1.807, 2.05) is 4.98 Å². The van der Waals surface area contributed by atoms with Crippen molar-refractivity contribution in [2.45, 2.75) is 71.4 Å². The van der Waals surface area contributed by atoms with E-state index in [0.717, 1.165) is 43.6 Å². The first-order valence-electron chi connectivity index (χ1n) is 13.3. The first-order valence-corrected chi connectivity index (χ1v) is 13.3. The third-order valence-corrected chi connectivity index (χ3v) is 7.05. The fourth-order valence-electron chi connectivity index (χ4n) is 4.85. The lowest BCUT2D eigenvalue weighted by atomic mass is 9.91. The van der Waals surface area contributed by atoms with Gasteiger partial charge in [0, 0.05) is 44.0 Å². The SMILES string of the molecule is CCCCN(CCCC)c1ccc(N2CCC(CCC(OC(=O)O)n3cc(F)c(=O)[nH]c3=O)CC2)cc1. The Kier molecular flexibility index (Phi) is 10.6. The quantitative estimate of drug-likeness (QED) is 0.360. The number of unbranched alkanes of at least 4 members (excludes halogenated alkanes) is 2. The summed E-state index contributed by atoms with van der Waals surface area (Å²) < 4.78 is 19.4. The Hall–Kier alpha value is -3.30. The molecule has 1 unspecified atom stereocenters. The molecule has 1 aromatic heterocycles. The number of carbonyl (C=O) groups is 1. The summed E-state index contributed by atoms with van der Waals surface area (Å²) in [5.41, 5.74) is 0.402. The van der Waals surface area contributed by atoms with Gasteiger partial charge in [-0.15, -0.1) is 0 Å². The van der Waals surface area contributed by atoms with E-state index in [9.17, 15) is 18.8 Å².